The Kier molecular flexibility index (Phi) is 4.06. The van der Waals surface area contributed by atoms with E-state index >= 15 is 0 Å². The fourth-order valence-electron chi connectivity index (χ4n) is 3.45. The summed E-state index contributed by atoms with van der Waals surface area (Å²) in [6.07, 6.45) is 4.07. The van der Waals surface area contributed by atoms with E-state index < -0.39 is 0 Å². The van der Waals surface area contributed by atoms with E-state index in [2.05, 4.69) is 12.1 Å². The van der Waals surface area contributed by atoms with Crippen LogP contribution in [0, 0.1) is 11.8 Å². The second-order valence-electron chi connectivity index (χ2n) is 6.16. The van der Waals surface area contributed by atoms with E-state index in [0.717, 1.165) is 38.8 Å². The minimum absolute atomic E-state index is 0.199. The van der Waals surface area contributed by atoms with E-state index in [1.54, 1.807) is 0 Å². The van der Waals surface area contributed by atoms with Gasteiger partial charge in [-0.15, -0.1) is 0 Å². The molecular weight excluding hydrogens is 250 g/mol. The molecule has 1 aliphatic heterocycles. The van der Waals surface area contributed by atoms with Gasteiger partial charge in [0.25, 0.3) is 0 Å². The third-order valence-electron chi connectivity index (χ3n) is 4.70. The molecule has 1 aromatic carbocycles. The zero-order chi connectivity index (χ0) is 13.9. The summed E-state index contributed by atoms with van der Waals surface area (Å²) in [6.45, 7) is 1.99. The van der Waals surface area contributed by atoms with Gasteiger partial charge < -0.3 is 10.0 Å². The molecule has 108 valence electrons. The molecule has 0 bridgehead atoms. The molecule has 3 unspecified atom stereocenters. The molecule has 3 rings (SSSR count). The number of benzene rings is 1. The van der Waals surface area contributed by atoms with Crippen LogP contribution >= 0.6 is 0 Å². The predicted molar refractivity (Wildman–Crippen MR) is 78.3 cm³/mol. The SMILES string of the molecule is O=C(C1CC1c1ccccc1)N1CCCC(CCO)C1. The summed E-state index contributed by atoms with van der Waals surface area (Å²) in [5.41, 5.74) is 1.30. The second kappa shape index (κ2) is 5.96. The Bertz CT molecular complexity index is 457. The number of piperidine rings is 1. The molecule has 0 aromatic heterocycles. The lowest BCUT2D eigenvalue weighted by molar-refractivity contribution is -0.134. The minimum atomic E-state index is 0.199. The number of carbonyl (C=O) groups is 1. The van der Waals surface area contributed by atoms with Gasteiger partial charge in [0, 0.05) is 25.6 Å². The van der Waals surface area contributed by atoms with Crippen LogP contribution in [0.5, 0.6) is 0 Å². The molecule has 1 N–H and O–H groups in total. The summed E-state index contributed by atoms with van der Waals surface area (Å²) in [5, 5.41) is 9.05. The zero-order valence-corrected chi connectivity index (χ0v) is 11.9. The molecule has 3 heteroatoms. The van der Waals surface area contributed by atoms with Gasteiger partial charge in [-0.2, -0.15) is 0 Å². The molecule has 2 aliphatic rings. The summed E-state index contributed by atoms with van der Waals surface area (Å²) in [6, 6.07) is 10.4. The topological polar surface area (TPSA) is 40.5 Å². The number of likely N-dealkylation sites (tertiary alicyclic amines) is 1. The number of rotatable bonds is 4. The van der Waals surface area contributed by atoms with Gasteiger partial charge in [0.15, 0.2) is 0 Å². The quantitative estimate of drug-likeness (QED) is 0.915. The molecule has 1 aliphatic carbocycles. The minimum Gasteiger partial charge on any atom is -0.396 e. The average Bonchev–Trinajstić information content (AvgIpc) is 3.29. The Labute approximate surface area is 120 Å². The van der Waals surface area contributed by atoms with Gasteiger partial charge in [-0.25, -0.2) is 0 Å². The molecule has 1 heterocycles. The maximum absolute atomic E-state index is 12.6. The molecule has 0 spiro atoms. The Hall–Kier alpha value is -1.35. The molecule has 3 nitrogen and oxygen atoms in total. The lowest BCUT2D eigenvalue weighted by Gasteiger charge is -2.32. The number of hydrogen-bond donors (Lipinski definition) is 1. The van der Waals surface area contributed by atoms with Crippen LogP contribution < -0.4 is 0 Å². The first-order chi connectivity index (χ1) is 9.79. The molecule has 1 saturated heterocycles. The maximum Gasteiger partial charge on any atom is 0.226 e. The number of nitrogens with zero attached hydrogens (tertiary/aromatic N) is 1. The van der Waals surface area contributed by atoms with Crippen LogP contribution in [0.1, 0.15) is 37.2 Å². The maximum atomic E-state index is 12.6. The fourth-order valence-corrected chi connectivity index (χ4v) is 3.45. The van der Waals surface area contributed by atoms with E-state index in [9.17, 15) is 4.79 Å². The van der Waals surface area contributed by atoms with Crippen molar-refractivity contribution >= 4 is 5.91 Å². The Morgan fingerprint density at radius 3 is 2.85 bits per heavy atom. The highest BCUT2D eigenvalue weighted by molar-refractivity contribution is 5.83. The predicted octanol–water partition coefficient (Wildman–Crippen LogP) is 2.41. The van der Waals surface area contributed by atoms with Gasteiger partial charge in [-0.1, -0.05) is 30.3 Å². The molecule has 0 radical (unpaired) electrons. The van der Waals surface area contributed by atoms with E-state index in [4.69, 9.17) is 5.11 Å². The summed E-state index contributed by atoms with van der Waals surface area (Å²) in [4.78, 5) is 14.6. The van der Waals surface area contributed by atoms with Crippen LogP contribution in [0.15, 0.2) is 30.3 Å². The molecule has 1 saturated carbocycles. The third kappa shape index (κ3) is 2.88. The molecular formula is C17H23NO2. The monoisotopic (exact) mass is 273 g/mol. The van der Waals surface area contributed by atoms with Crippen molar-refractivity contribution < 1.29 is 9.90 Å². The van der Waals surface area contributed by atoms with Crippen LogP contribution in [-0.2, 0) is 4.79 Å². The fraction of sp³-hybridized carbons (Fsp3) is 0.588. The highest BCUT2D eigenvalue weighted by Crippen LogP contribution is 2.48. The van der Waals surface area contributed by atoms with Crippen molar-refractivity contribution in [2.45, 2.75) is 31.6 Å². The van der Waals surface area contributed by atoms with Crippen molar-refractivity contribution in [3.05, 3.63) is 35.9 Å². The highest BCUT2D eigenvalue weighted by Gasteiger charge is 2.46. The van der Waals surface area contributed by atoms with Crippen LogP contribution in [0.25, 0.3) is 0 Å². The largest absolute Gasteiger partial charge is 0.396 e. The Balaban J connectivity index is 1.58. The van der Waals surface area contributed by atoms with Gasteiger partial charge in [-0.3, -0.25) is 4.79 Å². The molecule has 1 aromatic rings. The zero-order valence-electron chi connectivity index (χ0n) is 11.9. The van der Waals surface area contributed by atoms with Crippen molar-refractivity contribution in [3.63, 3.8) is 0 Å². The Morgan fingerprint density at radius 1 is 1.30 bits per heavy atom. The smallest absolute Gasteiger partial charge is 0.226 e. The number of carbonyl (C=O) groups excluding carboxylic acids is 1. The van der Waals surface area contributed by atoms with Crippen molar-refractivity contribution in [2.75, 3.05) is 19.7 Å². The standard InChI is InChI=1S/C17H23NO2/c19-10-8-13-5-4-9-18(12-13)17(20)16-11-15(16)14-6-2-1-3-7-14/h1-3,6-7,13,15-16,19H,4-5,8-12H2. The van der Waals surface area contributed by atoms with Gasteiger partial charge in [-0.05, 0) is 43.1 Å². The number of aliphatic hydroxyl groups is 1. The molecule has 20 heavy (non-hydrogen) atoms. The van der Waals surface area contributed by atoms with Crippen LogP contribution in [-0.4, -0.2) is 35.6 Å². The van der Waals surface area contributed by atoms with Gasteiger partial charge in [0.05, 0.1) is 0 Å². The van der Waals surface area contributed by atoms with Crippen molar-refractivity contribution in [3.8, 4) is 0 Å². The van der Waals surface area contributed by atoms with Gasteiger partial charge in [0.1, 0.15) is 0 Å². The van der Waals surface area contributed by atoms with Gasteiger partial charge in [0.2, 0.25) is 5.91 Å². The van der Waals surface area contributed by atoms with Crippen molar-refractivity contribution in [1.82, 2.24) is 4.90 Å². The second-order valence-corrected chi connectivity index (χ2v) is 6.16. The number of amides is 1. The van der Waals surface area contributed by atoms with E-state index in [1.165, 1.54) is 5.56 Å². The number of aliphatic hydroxyl groups excluding tert-OH is 1. The molecule has 3 atom stereocenters. The average molecular weight is 273 g/mol. The van der Waals surface area contributed by atoms with Crippen molar-refractivity contribution in [1.29, 1.82) is 0 Å². The molecule has 1 amide bonds. The first-order valence-electron chi connectivity index (χ1n) is 7.74. The van der Waals surface area contributed by atoms with E-state index in [0.29, 0.717) is 17.7 Å². The highest BCUT2D eigenvalue weighted by atomic mass is 16.3. The van der Waals surface area contributed by atoms with Crippen LogP contribution in [0.3, 0.4) is 0 Å². The number of hydrogen-bond acceptors (Lipinski definition) is 2. The molecule has 2 fully saturated rings. The summed E-state index contributed by atoms with van der Waals surface area (Å²) in [7, 11) is 0. The van der Waals surface area contributed by atoms with Crippen molar-refractivity contribution in [2.24, 2.45) is 11.8 Å². The third-order valence-corrected chi connectivity index (χ3v) is 4.70. The first kappa shape index (κ1) is 13.6. The Morgan fingerprint density at radius 2 is 2.10 bits per heavy atom. The first-order valence-corrected chi connectivity index (χ1v) is 7.74. The normalized spacial score (nSPS) is 29.2. The summed E-state index contributed by atoms with van der Waals surface area (Å²) < 4.78 is 0. The van der Waals surface area contributed by atoms with E-state index in [-0.39, 0.29) is 12.5 Å². The van der Waals surface area contributed by atoms with Crippen LogP contribution in [0.4, 0.5) is 0 Å². The van der Waals surface area contributed by atoms with Crippen LogP contribution in [0.2, 0.25) is 0 Å². The van der Waals surface area contributed by atoms with Gasteiger partial charge >= 0.3 is 0 Å². The summed E-state index contributed by atoms with van der Waals surface area (Å²) >= 11 is 0. The lowest BCUT2D eigenvalue weighted by atomic mass is 9.94. The lowest BCUT2D eigenvalue weighted by Crippen LogP contribution is -2.41. The van der Waals surface area contributed by atoms with E-state index in [1.807, 2.05) is 23.1 Å². The summed E-state index contributed by atoms with van der Waals surface area (Å²) in [5.74, 6) is 1.46.